The standard InChI is InChI=1S/C32H40BrN7O5/c1-11-20-18-38(9)36-24(20)12-13-39(29(41)44-31(3,4)5)19(2)23-16-35-27(43-10)15-21(23)25-14-22-26(17-34-25)40(37-28(22)33)30(42)45-32(6,7)8/h11,14-19H,1,12-13H2,2-10H3/t19-/m1/s1. The van der Waals surface area contributed by atoms with E-state index in [9.17, 15) is 9.59 Å². The Labute approximate surface area is 271 Å². The summed E-state index contributed by atoms with van der Waals surface area (Å²) in [5.74, 6) is 0.374. The average molecular weight is 683 g/mol. The molecule has 0 spiro atoms. The molecule has 4 aromatic rings. The molecule has 12 nitrogen and oxygen atoms in total. The van der Waals surface area contributed by atoms with Crippen LogP contribution >= 0.6 is 15.9 Å². The van der Waals surface area contributed by atoms with Crippen molar-refractivity contribution in [2.45, 2.75) is 72.1 Å². The Morgan fingerprint density at radius 1 is 1.07 bits per heavy atom. The van der Waals surface area contributed by atoms with E-state index in [2.05, 4.69) is 37.7 Å². The van der Waals surface area contributed by atoms with Gasteiger partial charge in [0.1, 0.15) is 21.3 Å². The molecule has 0 radical (unpaired) electrons. The van der Waals surface area contributed by atoms with Crippen molar-refractivity contribution in [1.29, 1.82) is 0 Å². The fourth-order valence-corrected chi connectivity index (χ4v) is 5.23. The van der Waals surface area contributed by atoms with E-state index >= 15 is 0 Å². The molecule has 0 saturated heterocycles. The molecule has 0 aliphatic rings. The molecule has 0 bridgehead atoms. The van der Waals surface area contributed by atoms with Gasteiger partial charge in [0.15, 0.2) is 0 Å². The number of pyridine rings is 2. The number of carbonyl (C=O) groups excluding carboxylic acids is 2. The van der Waals surface area contributed by atoms with Crippen molar-refractivity contribution in [3.8, 4) is 17.1 Å². The molecule has 4 rings (SSSR count). The maximum absolute atomic E-state index is 13.6. The molecule has 4 heterocycles. The van der Waals surface area contributed by atoms with Gasteiger partial charge < -0.3 is 19.1 Å². The van der Waals surface area contributed by atoms with E-state index in [0.29, 0.717) is 51.2 Å². The van der Waals surface area contributed by atoms with E-state index in [4.69, 9.17) is 19.2 Å². The van der Waals surface area contributed by atoms with Gasteiger partial charge in [-0.1, -0.05) is 12.7 Å². The minimum absolute atomic E-state index is 0.320. The van der Waals surface area contributed by atoms with Gasteiger partial charge in [-0.25, -0.2) is 14.6 Å². The number of nitrogens with zero attached hydrogens (tertiary/aromatic N) is 7. The van der Waals surface area contributed by atoms with Crippen molar-refractivity contribution < 1.29 is 23.8 Å². The molecule has 0 unspecified atom stereocenters. The Morgan fingerprint density at radius 2 is 1.76 bits per heavy atom. The van der Waals surface area contributed by atoms with Crippen molar-refractivity contribution in [3.05, 3.63) is 58.7 Å². The third kappa shape index (κ3) is 7.88. The van der Waals surface area contributed by atoms with Crippen LogP contribution in [0.1, 0.15) is 71.3 Å². The summed E-state index contributed by atoms with van der Waals surface area (Å²) < 4.78 is 20.2. The zero-order chi connectivity index (χ0) is 33.3. The number of hydrogen-bond acceptors (Lipinski definition) is 9. The minimum atomic E-state index is -0.708. The third-order valence-electron chi connectivity index (χ3n) is 6.77. The lowest BCUT2D eigenvalue weighted by atomic mass is 9.99. The second kappa shape index (κ2) is 13.0. The van der Waals surface area contributed by atoms with Gasteiger partial charge in [-0.2, -0.15) is 14.9 Å². The number of hydrogen-bond donors (Lipinski definition) is 0. The number of fused-ring (bicyclic) bond motifs is 1. The third-order valence-corrected chi connectivity index (χ3v) is 7.36. The summed E-state index contributed by atoms with van der Waals surface area (Å²) in [5.41, 5.74) is 2.76. The van der Waals surface area contributed by atoms with E-state index in [1.54, 1.807) is 54.9 Å². The van der Waals surface area contributed by atoms with E-state index in [-0.39, 0.29) is 0 Å². The highest BCUT2D eigenvalue weighted by atomic mass is 79.9. The highest BCUT2D eigenvalue weighted by molar-refractivity contribution is 9.10. The van der Waals surface area contributed by atoms with Crippen LogP contribution in [0.25, 0.3) is 28.2 Å². The second-order valence-corrected chi connectivity index (χ2v) is 13.3. The summed E-state index contributed by atoms with van der Waals surface area (Å²) >= 11 is 3.49. The molecule has 13 heteroatoms. The number of amides is 1. The molecule has 0 aromatic carbocycles. The van der Waals surface area contributed by atoms with Gasteiger partial charge >= 0.3 is 12.2 Å². The van der Waals surface area contributed by atoms with Gasteiger partial charge in [0, 0.05) is 60.5 Å². The van der Waals surface area contributed by atoms with Crippen LogP contribution in [0.15, 0.2) is 41.9 Å². The van der Waals surface area contributed by atoms with Crippen LogP contribution in [-0.4, -0.2) is 71.5 Å². The number of rotatable bonds is 8. The average Bonchev–Trinajstić information content (AvgIpc) is 3.49. The second-order valence-electron chi connectivity index (χ2n) is 12.6. The predicted octanol–water partition coefficient (Wildman–Crippen LogP) is 6.96. The lowest BCUT2D eigenvalue weighted by Gasteiger charge is -2.32. The molecule has 0 saturated carbocycles. The van der Waals surface area contributed by atoms with E-state index in [0.717, 1.165) is 11.3 Å². The fraction of sp³-hybridized carbons (Fsp3) is 0.438. The van der Waals surface area contributed by atoms with Gasteiger partial charge in [0.25, 0.3) is 0 Å². The Morgan fingerprint density at radius 3 is 2.38 bits per heavy atom. The molecule has 1 amide bonds. The monoisotopic (exact) mass is 681 g/mol. The molecule has 0 aliphatic heterocycles. The maximum Gasteiger partial charge on any atom is 0.435 e. The van der Waals surface area contributed by atoms with Gasteiger partial charge in [-0.3, -0.25) is 9.67 Å². The molecule has 45 heavy (non-hydrogen) atoms. The molecule has 4 aromatic heterocycles. The number of carbonyl (C=O) groups is 2. The van der Waals surface area contributed by atoms with Crippen molar-refractivity contribution in [2.24, 2.45) is 7.05 Å². The van der Waals surface area contributed by atoms with Crippen molar-refractivity contribution in [1.82, 2.24) is 34.4 Å². The van der Waals surface area contributed by atoms with Crippen molar-refractivity contribution in [2.75, 3.05) is 13.7 Å². The first-order valence-corrected chi connectivity index (χ1v) is 15.3. The zero-order valence-electron chi connectivity index (χ0n) is 27.2. The quantitative estimate of drug-likeness (QED) is 0.194. The number of aromatic nitrogens is 6. The summed E-state index contributed by atoms with van der Waals surface area (Å²) in [5, 5.41) is 9.56. The molecule has 1 atom stereocenters. The van der Waals surface area contributed by atoms with Crippen LogP contribution in [0.5, 0.6) is 5.88 Å². The molecular weight excluding hydrogens is 642 g/mol. The largest absolute Gasteiger partial charge is 0.481 e. The van der Waals surface area contributed by atoms with E-state index in [1.807, 2.05) is 47.0 Å². The molecule has 240 valence electrons. The molecular formula is C32H40BrN7O5. The van der Waals surface area contributed by atoms with Crippen LogP contribution in [0, 0.1) is 0 Å². The highest BCUT2D eigenvalue weighted by Crippen LogP contribution is 2.35. The summed E-state index contributed by atoms with van der Waals surface area (Å²) in [4.78, 5) is 37.3. The van der Waals surface area contributed by atoms with Crippen LogP contribution in [-0.2, 0) is 22.9 Å². The fourth-order valence-electron chi connectivity index (χ4n) is 4.76. The smallest absolute Gasteiger partial charge is 0.435 e. The highest BCUT2D eigenvalue weighted by Gasteiger charge is 2.30. The van der Waals surface area contributed by atoms with Gasteiger partial charge in [0.05, 0.1) is 30.7 Å². The topological polar surface area (TPSA) is 126 Å². The number of ether oxygens (including phenoxy) is 3. The first-order valence-electron chi connectivity index (χ1n) is 14.5. The Bertz CT molecular complexity index is 1730. The summed E-state index contributed by atoms with van der Waals surface area (Å²) in [7, 11) is 3.38. The minimum Gasteiger partial charge on any atom is -0.481 e. The van der Waals surface area contributed by atoms with Gasteiger partial charge in [-0.15, -0.1) is 0 Å². The van der Waals surface area contributed by atoms with Crippen molar-refractivity contribution >= 4 is 45.1 Å². The van der Waals surface area contributed by atoms with E-state index in [1.165, 1.54) is 11.8 Å². The van der Waals surface area contributed by atoms with Crippen LogP contribution in [0.2, 0.25) is 0 Å². The number of halogens is 1. The van der Waals surface area contributed by atoms with Crippen LogP contribution in [0.3, 0.4) is 0 Å². The molecule has 0 fully saturated rings. The number of methoxy groups -OCH3 is 1. The molecule has 0 N–H and O–H groups in total. The summed E-state index contributed by atoms with van der Waals surface area (Å²) in [6.45, 7) is 17.0. The number of aryl methyl sites for hydroxylation is 1. The van der Waals surface area contributed by atoms with E-state index < -0.39 is 29.4 Å². The van der Waals surface area contributed by atoms with Crippen LogP contribution in [0.4, 0.5) is 9.59 Å². The Kier molecular flexibility index (Phi) is 9.71. The van der Waals surface area contributed by atoms with Crippen molar-refractivity contribution in [3.63, 3.8) is 0 Å². The summed E-state index contributed by atoms with van der Waals surface area (Å²) in [6.07, 6.45) is 6.27. The summed E-state index contributed by atoms with van der Waals surface area (Å²) in [6, 6.07) is 3.10. The Balaban J connectivity index is 1.78. The zero-order valence-corrected chi connectivity index (χ0v) is 28.8. The van der Waals surface area contributed by atoms with Gasteiger partial charge in [-0.05, 0) is 70.5 Å². The lowest BCUT2D eigenvalue weighted by molar-refractivity contribution is 0.0175. The maximum atomic E-state index is 13.6. The molecule has 0 aliphatic carbocycles. The Hall–Kier alpha value is -4.26. The first-order chi connectivity index (χ1) is 21.0. The van der Waals surface area contributed by atoms with Crippen LogP contribution < -0.4 is 4.74 Å². The first kappa shape index (κ1) is 33.6. The SMILES string of the molecule is C=Cc1cn(C)nc1CCN(C(=O)OC(C)(C)C)[C@H](C)c1cnc(OC)cc1-c1cc2c(Br)nn(C(=O)OC(C)(C)C)c2cn1. The predicted molar refractivity (Wildman–Crippen MR) is 175 cm³/mol. The lowest BCUT2D eigenvalue weighted by Crippen LogP contribution is -2.40. The van der Waals surface area contributed by atoms with Gasteiger partial charge in [0.2, 0.25) is 5.88 Å². The normalized spacial score (nSPS) is 12.6.